The van der Waals surface area contributed by atoms with Crippen LogP contribution in [0.2, 0.25) is 0 Å². The molecular formula is C20H31Cl. The van der Waals surface area contributed by atoms with Crippen molar-refractivity contribution in [3.63, 3.8) is 0 Å². The summed E-state index contributed by atoms with van der Waals surface area (Å²) in [5.41, 5.74) is 4.91. The van der Waals surface area contributed by atoms with Gasteiger partial charge in [0.05, 0.1) is 5.38 Å². The highest BCUT2D eigenvalue weighted by molar-refractivity contribution is 6.21. The van der Waals surface area contributed by atoms with E-state index in [-0.39, 0.29) is 10.8 Å². The molecule has 1 heteroatoms. The first-order valence-corrected chi connectivity index (χ1v) is 8.91. The lowest BCUT2D eigenvalue weighted by molar-refractivity contribution is 0.331. The largest absolute Gasteiger partial charge is 0.118 e. The van der Waals surface area contributed by atoms with Gasteiger partial charge in [0.2, 0.25) is 0 Å². The number of rotatable bonds is 4. The molecule has 0 aliphatic heterocycles. The second kappa shape index (κ2) is 5.95. The lowest BCUT2D eigenvalue weighted by Gasteiger charge is -2.42. The molecule has 2 unspecified atom stereocenters. The average molecular weight is 307 g/mol. The Morgan fingerprint density at radius 2 is 1.62 bits per heavy atom. The minimum Gasteiger partial charge on any atom is -0.118 e. The molecule has 0 amide bonds. The first kappa shape index (κ1) is 16.9. The molecule has 21 heavy (non-hydrogen) atoms. The zero-order chi connectivity index (χ0) is 15.8. The molecule has 1 aromatic rings. The topological polar surface area (TPSA) is 0 Å². The molecule has 0 bridgehead atoms. The maximum absolute atomic E-state index is 6.74. The van der Waals surface area contributed by atoms with Crippen molar-refractivity contribution < 1.29 is 0 Å². The predicted molar refractivity (Wildman–Crippen MR) is 94.4 cm³/mol. The zero-order valence-corrected chi connectivity index (χ0v) is 15.3. The van der Waals surface area contributed by atoms with E-state index < -0.39 is 0 Å². The quantitative estimate of drug-likeness (QED) is 0.539. The number of fused-ring (bicyclic) bond motifs is 1. The molecule has 118 valence electrons. The van der Waals surface area contributed by atoms with Crippen LogP contribution in [0.4, 0.5) is 0 Å². The summed E-state index contributed by atoms with van der Waals surface area (Å²) in [6.07, 6.45) is 4.92. The number of halogens is 1. The van der Waals surface area contributed by atoms with Crippen molar-refractivity contribution in [1.29, 1.82) is 0 Å². The first-order valence-electron chi connectivity index (χ1n) is 8.48. The van der Waals surface area contributed by atoms with Crippen LogP contribution >= 0.6 is 11.6 Å². The van der Waals surface area contributed by atoms with Crippen molar-refractivity contribution in [2.45, 2.75) is 83.4 Å². The summed E-state index contributed by atoms with van der Waals surface area (Å²) in [6.45, 7) is 14.0. The van der Waals surface area contributed by atoms with E-state index in [1.54, 1.807) is 0 Å². The summed E-state index contributed by atoms with van der Waals surface area (Å²) in [4.78, 5) is 0. The molecular weight excluding hydrogens is 276 g/mol. The maximum atomic E-state index is 6.74. The molecule has 2 atom stereocenters. The number of alkyl halides is 1. The lowest BCUT2D eigenvalue weighted by Crippen LogP contribution is -2.34. The van der Waals surface area contributed by atoms with Gasteiger partial charge in [-0.05, 0) is 52.7 Å². The molecule has 0 aromatic heterocycles. The van der Waals surface area contributed by atoms with Crippen molar-refractivity contribution in [3.05, 3.63) is 34.9 Å². The average Bonchev–Trinajstić information content (AvgIpc) is 2.43. The third kappa shape index (κ3) is 3.31. The highest BCUT2D eigenvalue weighted by Crippen LogP contribution is 2.47. The van der Waals surface area contributed by atoms with E-state index in [4.69, 9.17) is 11.6 Å². The Morgan fingerprint density at radius 1 is 1.05 bits per heavy atom. The smallest absolute Gasteiger partial charge is 0.0610 e. The number of hydrogen-bond donors (Lipinski definition) is 0. The van der Waals surface area contributed by atoms with Gasteiger partial charge in [-0.25, -0.2) is 0 Å². The summed E-state index contributed by atoms with van der Waals surface area (Å²) in [5.74, 6) is 0.537. The van der Waals surface area contributed by atoms with Crippen LogP contribution in [0.5, 0.6) is 0 Å². The summed E-state index contributed by atoms with van der Waals surface area (Å²) in [7, 11) is 0. The fourth-order valence-corrected chi connectivity index (χ4v) is 3.97. The van der Waals surface area contributed by atoms with Crippen LogP contribution in [0.3, 0.4) is 0 Å². The van der Waals surface area contributed by atoms with E-state index in [9.17, 15) is 0 Å². The standard InChI is InChI=1S/C20H31Cl/c1-7-8-14(2)18(21)15-9-10-16-17(13-15)20(5,6)12-11-19(16,3)4/h9-10,13-14,18H,7-8,11-12H2,1-6H3. The summed E-state index contributed by atoms with van der Waals surface area (Å²) in [6, 6.07) is 7.02. The lowest BCUT2D eigenvalue weighted by atomic mass is 9.63. The van der Waals surface area contributed by atoms with Crippen molar-refractivity contribution in [3.8, 4) is 0 Å². The van der Waals surface area contributed by atoms with E-state index in [1.807, 2.05) is 0 Å². The molecule has 0 N–H and O–H groups in total. The Labute approximate surface area is 136 Å². The Hall–Kier alpha value is -0.490. The fraction of sp³-hybridized carbons (Fsp3) is 0.700. The number of hydrogen-bond acceptors (Lipinski definition) is 0. The SMILES string of the molecule is CCCC(C)C(Cl)c1ccc2c(c1)C(C)(C)CCC2(C)C. The van der Waals surface area contributed by atoms with Crippen LogP contribution < -0.4 is 0 Å². The normalized spacial score (nSPS) is 22.4. The van der Waals surface area contributed by atoms with Gasteiger partial charge in [-0.2, -0.15) is 0 Å². The van der Waals surface area contributed by atoms with Gasteiger partial charge in [0, 0.05) is 0 Å². The van der Waals surface area contributed by atoms with Gasteiger partial charge in [-0.3, -0.25) is 0 Å². The van der Waals surface area contributed by atoms with Crippen molar-refractivity contribution in [2.75, 3.05) is 0 Å². The first-order chi connectivity index (χ1) is 9.69. The minimum absolute atomic E-state index is 0.135. The van der Waals surface area contributed by atoms with Crippen LogP contribution in [0.15, 0.2) is 18.2 Å². The van der Waals surface area contributed by atoms with Crippen molar-refractivity contribution >= 4 is 11.6 Å². The molecule has 0 spiro atoms. The molecule has 1 aliphatic rings. The Kier molecular flexibility index (Phi) is 4.78. The predicted octanol–water partition coefficient (Wildman–Crippen LogP) is 6.75. The van der Waals surface area contributed by atoms with E-state index in [0.717, 1.165) is 0 Å². The van der Waals surface area contributed by atoms with Gasteiger partial charge in [0.25, 0.3) is 0 Å². The molecule has 2 rings (SSSR count). The highest BCUT2D eigenvalue weighted by atomic mass is 35.5. The van der Waals surface area contributed by atoms with Gasteiger partial charge in [0.15, 0.2) is 0 Å². The molecule has 1 aliphatic carbocycles. The van der Waals surface area contributed by atoms with Gasteiger partial charge in [0.1, 0.15) is 0 Å². The summed E-state index contributed by atoms with van der Waals surface area (Å²) in [5, 5.41) is 0.135. The van der Waals surface area contributed by atoms with Gasteiger partial charge < -0.3 is 0 Å². The van der Waals surface area contributed by atoms with E-state index in [2.05, 4.69) is 59.7 Å². The molecule has 0 saturated heterocycles. The van der Waals surface area contributed by atoms with Crippen LogP contribution in [0.1, 0.15) is 89.3 Å². The summed E-state index contributed by atoms with van der Waals surface area (Å²) < 4.78 is 0. The molecule has 0 saturated carbocycles. The fourth-order valence-electron chi connectivity index (χ4n) is 3.71. The Morgan fingerprint density at radius 3 is 2.19 bits per heavy atom. The van der Waals surface area contributed by atoms with Crippen LogP contribution in [0.25, 0.3) is 0 Å². The highest BCUT2D eigenvalue weighted by Gasteiger charge is 2.37. The molecule has 0 nitrogen and oxygen atoms in total. The molecule has 0 heterocycles. The van der Waals surface area contributed by atoms with Crippen LogP contribution in [-0.2, 0) is 10.8 Å². The molecule has 0 fully saturated rings. The van der Waals surface area contributed by atoms with E-state index >= 15 is 0 Å². The monoisotopic (exact) mass is 306 g/mol. The minimum atomic E-state index is 0.135. The third-order valence-corrected chi connectivity index (χ3v) is 6.12. The number of benzene rings is 1. The second-order valence-electron chi connectivity index (χ2n) is 8.24. The Bertz CT molecular complexity index is 499. The van der Waals surface area contributed by atoms with E-state index in [0.29, 0.717) is 11.3 Å². The molecule has 0 radical (unpaired) electrons. The van der Waals surface area contributed by atoms with E-state index in [1.165, 1.54) is 42.4 Å². The van der Waals surface area contributed by atoms with Gasteiger partial charge in [-0.15, -0.1) is 11.6 Å². The van der Waals surface area contributed by atoms with Crippen LogP contribution in [-0.4, -0.2) is 0 Å². The zero-order valence-electron chi connectivity index (χ0n) is 14.6. The summed E-state index contributed by atoms with van der Waals surface area (Å²) >= 11 is 6.74. The van der Waals surface area contributed by atoms with Gasteiger partial charge >= 0.3 is 0 Å². The third-order valence-electron chi connectivity index (χ3n) is 5.44. The second-order valence-corrected chi connectivity index (χ2v) is 8.71. The van der Waals surface area contributed by atoms with Crippen LogP contribution in [0, 0.1) is 5.92 Å². The maximum Gasteiger partial charge on any atom is 0.0610 e. The van der Waals surface area contributed by atoms with Gasteiger partial charge in [-0.1, -0.05) is 66.2 Å². The molecule has 1 aromatic carbocycles. The van der Waals surface area contributed by atoms with Crippen molar-refractivity contribution in [2.24, 2.45) is 5.92 Å². The van der Waals surface area contributed by atoms with Crippen molar-refractivity contribution in [1.82, 2.24) is 0 Å². The Balaban J connectivity index is 2.42.